The Kier molecular flexibility index (Phi) is 5.81. The summed E-state index contributed by atoms with van der Waals surface area (Å²) in [7, 11) is 0. The quantitative estimate of drug-likeness (QED) is 0.559. The number of nitrogens with zero attached hydrogens (tertiary/aromatic N) is 1. The zero-order valence-corrected chi connectivity index (χ0v) is 15.6. The minimum absolute atomic E-state index is 0.182. The second-order valence-electron chi connectivity index (χ2n) is 6.36. The number of furan rings is 1. The third-order valence-corrected chi connectivity index (χ3v) is 4.43. The van der Waals surface area contributed by atoms with E-state index in [1.165, 1.54) is 0 Å². The van der Waals surface area contributed by atoms with Gasteiger partial charge < -0.3 is 25.3 Å². The summed E-state index contributed by atoms with van der Waals surface area (Å²) < 4.78 is 11.4. The van der Waals surface area contributed by atoms with Crippen LogP contribution in [0.3, 0.4) is 0 Å². The van der Waals surface area contributed by atoms with E-state index in [1.54, 1.807) is 43.3 Å². The summed E-state index contributed by atoms with van der Waals surface area (Å²) in [6.45, 7) is 1.20. The van der Waals surface area contributed by atoms with E-state index < -0.39 is 24.5 Å². The van der Waals surface area contributed by atoms with Gasteiger partial charge in [0.05, 0.1) is 23.8 Å². The van der Waals surface area contributed by atoms with Gasteiger partial charge in [0.25, 0.3) is 5.91 Å². The topological polar surface area (TPSA) is 139 Å². The van der Waals surface area contributed by atoms with Gasteiger partial charge in [-0.15, -0.1) is 0 Å². The number of fused-ring (bicyclic) bond motifs is 1. The molecule has 1 aromatic heterocycles. The average Bonchev–Trinajstić information content (AvgIpc) is 3.05. The van der Waals surface area contributed by atoms with Crippen LogP contribution in [0.4, 0.5) is 0 Å². The molecule has 0 bridgehead atoms. The first kappa shape index (κ1) is 19.9. The number of hydrogen-bond acceptors (Lipinski definition) is 6. The van der Waals surface area contributed by atoms with E-state index in [2.05, 4.69) is 11.4 Å². The number of aryl methyl sites for hydroxylation is 1. The molecule has 0 saturated carbocycles. The van der Waals surface area contributed by atoms with Crippen LogP contribution in [0.5, 0.6) is 5.75 Å². The zero-order chi connectivity index (χ0) is 21.0. The molecule has 1 atom stereocenters. The Hall–Kier alpha value is -3.83. The van der Waals surface area contributed by atoms with Crippen molar-refractivity contribution < 1.29 is 23.8 Å². The zero-order valence-electron chi connectivity index (χ0n) is 15.6. The number of aliphatic hydroxyl groups excluding tert-OH is 1. The molecule has 0 aliphatic rings. The highest BCUT2D eigenvalue weighted by atomic mass is 16.5. The summed E-state index contributed by atoms with van der Waals surface area (Å²) in [5.41, 5.74) is 7.12. The minimum atomic E-state index is -1.20. The first-order valence-electron chi connectivity index (χ1n) is 8.79. The van der Waals surface area contributed by atoms with Gasteiger partial charge in [-0.3, -0.25) is 9.59 Å². The van der Waals surface area contributed by atoms with Crippen molar-refractivity contribution >= 4 is 22.8 Å². The molecule has 8 heteroatoms. The van der Waals surface area contributed by atoms with Crippen molar-refractivity contribution in [1.82, 2.24) is 5.32 Å². The van der Waals surface area contributed by atoms with E-state index in [0.717, 1.165) is 5.56 Å². The Morgan fingerprint density at radius 3 is 2.76 bits per heavy atom. The fraction of sp³-hybridized carbons (Fsp3) is 0.190. The van der Waals surface area contributed by atoms with E-state index in [1.807, 2.05) is 6.07 Å². The summed E-state index contributed by atoms with van der Waals surface area (Å²) in [6.07, 6.45) is 0. The maximum atomic E-state index is 12.6. The minimum Gasteiger partial charge on any atom is -0.489 e. The van der Waals surface area contributed by atoms with Gasteiger partial charge in [-0.25, -0.2) is 0 Å². The van der Waals surface area contributed by atoms with Crippen LogP contribution in [0.1, 0.15) is 27.2 Å². The standard InChI is InChI=1S/C21H19N3O5/c1-12-19(21(27)24-17(10-25)20(23)26)16-8-15(6-7-18(16)29-12)28-11-14-5-3-2-4-13(14)9-22/h2-8,17,25H,10-11H2,1H3,(H2,23,26)(H,24,27)/t17-/m0/s1. The largest absolute Gasteiger partial charge is 0.489 e. The molecule has 3 rings (SSSR count). The number of primary amides is 1. The van der Waals surface area contributed by atoms with Crippen LogP contribution in [0.15, 0.2) is 46.9 Å². The van der Waals surface area contributed by atoms with Crippen LogP contribution >= 0.6 is 0 Å². The Morgan fingerprint density at radius 2 is 2.07 bits per heavy atom. The van der Waals surface area contributed by atoms with E-state index >= 15 is 0 Å². The smallest absolute Gasteiger partial charge is 0.256 e. The second kappa shape index (κ2) is 8.46. The molecule has 2 aromatic carbocycles. The summed E-state index contributed by atoms with van der Waals surface area (Å²) in [5.74, 6) is -0.600. The number of rotatable bonds is 7. The lowest BCUT2D eigenvalue weighted by Crippen LogP contribution is -2.46. The van der Waals surface area contributed by atoms with Crippen LogP contribution in [0.25, 0.3) is 11.0 Å². The molecule has 0 unspecified atom stereocenters. The second-order valence-corrected chi connectivity index (χ2v) is 6.36. The van der Waals surface area contributed by atoms with Crippen LogP contribution in [-0.4, -0.2) is 29.6 Å². The van der Waals surface area contributed by atoms with Crippen molar-refractivity contribution in [1.29, 1.82) is 5.26 Å². The highest BCUT2D eigenvalue weighted by molar-refractivity contribution is 6.08. The van der Waals surface area contributed by atoms with Crippen molar-refractivity contribution in [3.8, 4) is 11.8 Å². The summed E-state index contributed by atoms with van der Waals surface area (Å²) in [5, 5.41) is 21.3. The summed E-state index contributed by atoms with van der Waals surface area (Å²) in [4.78, 5) is 23.9. The van der Waals surface area contributed by atoms with Gasteiger partial charge in [-0.05, 0) is 31.2 Å². The molecule has 0 fully saturated rings. The number of ether oxygens (including phenoxy) is 1. The molecule has 3 aromatic rings. The first-order chi connectivity index (χ1) is 13.9. The normalized spacial score (nSPS) is 11.6. The monoisotopic (exact) mass is 393 g/mol. The van der Waals surface area contributed by atoms with Crippen molar-refractivity contribution in [3.63, 3.8) is 0 Å². The number of carbonyl (C=O) groups is 2. The maximum absolute atomic E-state index is 12.6. The van der Waals surface area contributed by atoms with Gasteiger partial charge >= 0.3 is 0 Å². The van der Waals surface area contributed by atoms with Crippen LogP contribution in [-0.2, 0) is 11.4 Å². The van der Waals surface area contributed by atoms with Crippen molar-refractivity contribution in [2.24, 2.45) is 5.73 Å². The van der Waals surface area contributed by atoms with Crippen molar-refractivity contribution in [2.75, 3.05) is 6.61 Å². The molecular weight excluding hydrogens is 374 g/mol. The van der Waals surface area contributed by atoms with Crippen molar-refractivity contribution in [3.05, 3.63) is 64.9 Å². The van der Waals surface area contributed by atoms with E-state index in [4.69, 9.17) is 14.9 Å². The number of nitriles is 1. The number of carbonyl (C=O) groups excluding carboxylic acids is 2. The highest BCUT2D eigenvalue weighted by Gasteiger charge is 2.23. The lowest BCUT2D eigenvalue weighted by molar-refractivity contribution is -0.120. The van der Waals surface area contributed by atoms with E-state index in [0.29, 0.717) is 28.0 Å². The maximum Gasteiger partial charge on any atom is 0.256 e. The highest BCUT2D eigenvalue weighted by Crippen LogP contribution is 2.29. The Bertz CT molecular complexity index is 1110. The SMILES string of the molecule is Cc1oc2ccc(OCc3ccccc3C#N)cc2c1C(=O)N[C@@H](CO)C(N)=O. The van der Waals surface area contributed by atoms with Gasteiger partial charge in [0.2, 0.25) is 5.91 Å². The predicted molar refractivity (Wildman–Crippen MR) is 104 cm³/mol. The molecule has 0 aliphatic heterocycles. The van der Waals surface area contributed by atoms with Crippen LogP contribution < -0.4 is 15.8 Å². The molecule has 8 nitrogen and oxygen atoms in total. The molecule has 0 saturated heterocycles. The van der Waals surface area contributed by atoms with E-state index in [-0.39, 0.29) is 12.2 Å². The number of benzene rings is 2. The third kappa shape index (κ3) is 4.20. The molecule has 0 radical (unpaired) electrons. The fourth-order valence-corrected chi connectivity index (χ4v) is 2.92. The number of nitrogens with one attached hydrogen (secondary N) is 1. The Morgan fingerprint density at radius 1 is 1.31 bits per heavy atom. The van der Waals surface area contributed by atoms with Crippen LogP contribution in [0.2, 0.25) is 0 Å². The fourth-order valence-electron chi connectivity index (χ4n) is 2.92. The van der Waals surface area contributed by atoms with Crippen LogP contribution in [0, 0.1) is 18.3 Å². The number of hydrogen-bond donors (Lipinski definition) is 3. The lowest BCUT2D eigenvalue weighted by atomic mass is 10.1. The molecule has 0 spiro atoms. The van der Waals surface area contributed by atoms with Gasteiger partial charge in [0.15, 0.2) is 0 Å². The summed E-state index contributed by atoms with van der Waals surface area (Å²) in [6, 6.07) is 13.0. The molecule has 0 aliphatic carbocycles. The Balaban J connectivity index is 1.87. The Labute approximate surface area is 166 Å². The molecule has 1 heterocycles. The number of nitrogens with two attached hydrogens (primary N) is 1. The van der Waals surface area contributed by atoms with Gasteiger partial charge in [0.1, 0.15) is 29.7 Å². The summed E-state index contributed by atoms with van der Waals surface area (Å²) >= 11 is 0. The molecule has 29 heavy (non-hydrogen) atoms. The lowest BCUT2D eigenvalue weighted by Gasteiger charge is -2.12. The van der Waals surface area contributed by atoms with Gasteiger partial charge in [0, 0.05) is 10.9 Å². The molecule has 2 amide bonds. The molecular formula is C21H19N3O5. The average molecular weight is 393 g/mol. The number of aliphatic hydroxyl groups is 1. The number of amides is 2. The van der Waals surface area contributed by atoms with Crippen molar-refractivity contribution in [2.45, 2.75) is 19.6 Å². The van der Waals surface area contributed by atoms with Gasteiger partial charge in [-0.2, -0.15) is 5.26 Å². The van der Waals surface area contributed by atoms with E-state index in [9.17, 15) is 20.0 Å². The third-order valence-electron chi connectivity index (χ3n) is 4.43. The first-order valence-corrected chi connectivity index (χ1v) is 8.79. The molecule has 4 N–H and O–H groups in total. The predicted octanol–water partition coefficient (Wildman–Crippen LogP) is 1.77. The van der Waals surface area contributed by atoms with Gasteiger partial charge in [-0.1, -0.05) is 18.2 Å². The molecule has 148 valence electrons.